The van der Waals surface area contributed by atoms with Crippen LogP contribution in [0.15, 0.2) is 84.9 Å². The third-order valence-corrected chi connectivity index (χ3v) is 15.5. The molecule has 0 aromatic heterocycles. The average Bonchev–Trinajstić information content (AvgIpc) is 2.74. The quantitative estimate of drug-likeness (QED) is 0.424. The Bertz CT molecular complexity index is 961. The predicted octanol–water partition coefficient (Wildman–Crippen LogP) is 6.78. The van der Waals surface area contributed by atoms with Crippen molar-refractivity contribution in [3.63, 3.8) is 0 Å². The summed E-state index contributed by atoms with van der Waals surface area (Å²) >= 11 is 0. The first-order chi connectivity index (χ1) is 13.7. The molecule has 0 spiro atoms. The Kier molecular flexibility index (Phi) is 4.79. The molecule has 0 nitrogen and oxygen atoms in total. The summed E-state index contributed by atoms with van der Waals surface area (Å²) in [7, 11) is -2.30. The van der Waals surface area contributed by atoms with Crippen LogP contribution in [-0.2, 0) is 10.6 Å². The van der Waals surface area contributed by atoms with Crippen LogP contribution < -0.4 is 10.6 Å². The summed E-state index contributed by atoms with van der Waals surface area (Å²) in [5, 5.41) is 3.28. The summed E-state index contributed by atoms with van der Waals surface area (Å²) in [5.41, 5.74) is 3.20. The number of fused-ring (bicyclic) bond motifs is 1. The molecule has 1 heteroatoms. The van der Waals surface area contributed by atoms with Gasteiger partial charge >= 0.3 is 178 Å². The molecule has 0 bridgehead atoms. The van der Waals surface area contributed by atoms with Crippen molar-refractivity contribution in [2.75, 3.05) is 0 Å². The van der Waals surface area contributed by atoms with Crippen molar-refractivity contribution in [3.05, 3.63) is 96.1 Å². The summed E-state index contributed by atoms with van der Waals surface area (Å²) < 4.78 is 0. The van der Waals surface area contributed by atoms with Gasteiger partial charge in [-0.2, -0.15) is 0 Å². The van der Waals surface area contributed by atoms with Crippen molar-refractivity contribution in [2.45, 2.75) is 63.7 Å². The van der Waals surface area contributed by atoms with E-state index in [1.165, 1.54) is 0 Å². The fraction of sp³-hybridized carbons (Fsp3) is 0.357. The maximum absolute atomic E-state index is 2.57. The van der Waals surface area contributed by atoms with Crippen LogP contribution in [0.25, 0.3) is 0 Å². The van der Waals surface area contributed by atoms with E-state index in [2.05, 4.69) is 126 Å². The second-order valence-electron chi connectivity index (χ2n) is 9.96. The Morgan fingerprint density at radius 3 is 1.45 bits per heavy atom. The van der Waals surface area contributed by atoms with Gasteiger partial charge in [0.05, 0.1) is 0 Å². The zero-order chi connectivity index (χ0) is 20.9. The molecule has 1 aliphatic heterocycles. The Hall–Kier alpha value is -1.91. The van der Waals surface area contributed by atoms with Crippen molar-refractivity contribution in [1.82, 2.24) is 0 Å². The number of benzene rings is 3. The zero-order valence-electron chi connectivity index (χ0n) is 18.8. The molecule has 0 radical (unpaired) electrons. The van der Waals surface area contributed by atoms with Crippen LogP contribution in [0.5, 0.6) is 0 Å². The van der Waals surface area contributed by atoms with Crippen molar-refractivity contribution >= 4 is 17.9 Å². The molecule has 0 aliphatic carbocycles. The van der Waals surface area contributed by atoms with Gasteiger partial charge < -0.3 is 0 Å². The normalized spacial score (nSPS) is 25.0. The molecule has 29 heavy (non-hydrogen) atoms. The van der Waals surface area contributed by atoms with Gasteiger partial charge in [0.25, 0.3) is 0 Å². The van der Waals surface area contributed by atoms with Crippen LogP contribution in [0.1, 0.15) is 59.1 Å². The Labute approximate surface area is 177 Å². The average molecular weight is 403 g/mol. The molecular formula is C28H35P. The number of hydrogen-bond acceptors (Lipinski definition) is 0. The van der Waals surface area contributed by atoms with Gasteiger partial charge in [-0.15, -0.1) is 0 Å². The molecule has 0 saturated heterocycles. The Balaban J connectivity index is 2.24. The molecule has 152 valence electrons. The minimum atomic E-state index is -2.30. The Morgan fingerprint density at radius 2 is 1.00 bits per heavy atom. The van der Waals surface area contributed by atoms with Crippen LogP contribution >= 0.6 is 7.26 Å². The van der Waals surface area contributed by atoms with E-state index < -0.39 is 7.26 Å². The molecule has 0 saturated carbocycles. The minimum absolute atomic E-state index is 0.0600. The molecule has 4 rings (SSSR count). The van der Waals surface area contributed by atoms with Crippen LogP contribution in [-0.4, -0.2) is 5.16 Å². The first-order valence-corrected chi connectivity index (χ1v) is 13.0. The van der Waals surface area contributed by atoms with Crippen LogP contribution in [0, 0.1) is 0 Å². The molecule has 3 aromatic rings. The third kappa shape index (κ3) is 2.42. The summed E-state index contributed by atoms with van der Waals surface area (Å²) in [6, 6.07) is 32.2. The predicted molar refractivity (Wildman–Crippen MR) is 132 cm³/mol. The summed E-state index contributed by atoms with van der Waals surface area (Å²) in [4.78, 5) is 0. The second kappa shape index (κ2) is 6.82. The monoisotopic (exact) mass is 402 g/mol. The molecule has 1 aliphatic rings. The van der Waals surface area contributed by atoms with Gasteiger partial charge in [0, 0.05) is 0 Å². The SMILES string of the molecule is CCC1(C)c2ccccc2C(C)(C)[PH](c2ccccc2)(c2ccccc2)C1(C)C. The summed E-state index contributed by atoms with van der Waals surface area (Å²) in [5.74, 6) is 0. The van der Waals surface area contributed by atoms with E-state index in [0.29, 0.717) is 0 Å². The van der Waals surface area contributed by atoms with E-state index in [-0.39, 0.29) is 15.7 Å². The third-order valence-electron chi connectivity index (χ3n) is 8.57. The van der Waals surface area contributed by atoms with E-state index in [4.69, 9.17) is 0 Å². The fourth-order valence-corrected chi connectivity index (χ4v) is 14.8. The molecule has 3 aromatic carbocycles. The fourth-order valence-electron chi connectivity index (χ4n) is 6.86. The Morgan fingerprint density at radius 1 is 0.586 bits per heavy atom. The molecule has 0 fully saturated rings. The van der Waals surface area contributed by atoms with Crippen molar-refractivity contribution in [1.29, 1.82) is 0 Å². The molecule has 1 unspecified atom stereocenters. The van der Waals surface area contributed by atoms with Gasteiger partial charge in [0.2, 0.25) is 0 Å². The topological polar surface area (TPSA) is 0 Å². The van der Waals surface area contributed by atoms with E-state index in [0.717, 1.165) is 6.42 Å². The van der Waals surface area contributed by atoms with Gasteiger partial charge in [-0.1, -0.05) is 0 Å². The number of rotatable bonds is 3. The van der Waals surface area contributed by atoms with Crippen molar-refractivity contribution < 1.29 is 0 Å². The van der Waals surface area contributed by atoms with E-state index >= 15 is 0 Å². The van der Waals surface area contributed by atoms with E-state index in [1.54, 1.807) is 21.7 Å². The van der Waals surface area contributed by atoms with Gasteiger partial charge in [0.15, 0.2) is 0 Å². The standard InChI is InChI=1S/C28H35P/c1-7-28(6)25-21-15-14-20-24(25)26(2,3)29(27(28,4)5,22-16-10-8-11-17-22)23-18-12-9-13-19-23/h8-21,29H,7H2,1-6H3. The molecular weight excluding hydrogens is 367 g/mol. The second-order valence-corrected chi connectivity index (χ2v) is 15.1. The summed E-state index contributed by atoms with van der Waals surface area (Å²) in [6.45, 7) is 15.1. The number of hydrogen-bond donors (Lipinski definition) is 0. The van der Waals surface area contributed by atoms with Gasteiger partial charge in [-0.3, -0.25) is 0 Å². The molecule has 1 atom stereocenters. The zero-order valence-corrected chi connectivity index (χ0v) is 19.8. The molecule has 1 heterocycles. The summed E-state index contributed by atoms with van der Waals surface area (Å²) in [6.07, 6.45) is 1.14. The van der Waals surface area contributed by atoms with Crippen LogP contribution in [0.3, 0.4) is 0 Å². The maximum atomic E-state index is 2.57. The van der Waals surface area contributed by atoms with Crippen LogP contribution in [0.2, 0.25) is 0 Å². The van der Waals surface area contributed by atoms with E-state index in [9.17, 15) is 0 Å². The molecule has 0 N–H and O–H groups in total. The van der Waals surface area contributed by atoms with Crippen molar-refractivity contribution in [2.24, 2.45) is 0 Å². The van der Waals surface area contributed by atoms with Gasteiger partial charge in [-0.25, -0.2) is 0 Å². The van der Waals surface area contributed by atoms with Gasteiger partial charge in [0.1, 0.15) is 0 Å². The molecule has 0 amide bonds. The first-order valence-electron chi connectivity index (χ1n) is 11.0. The first kappa shape index (κ1) is 20.4. The van der Waals surface area contributed by atoms with E-state index in [1.807, 2.05) is 0 Å². The van der Waals surface area contributed by atoms with Crippen LogP contribution in [0.4, 0.5) is 0 Å². The van der Waals surface area contributed by atoms with Gasteiger partial charge in [-0.05, 0) is 0 Å². The van der Waals surface area contributed by atoms with Crippen molar-refractivity contribution in [3.8, 4) is 0 Å².